The Kier molecular flexibility index (Phi) is 2.64. The number of nitrogen functional groups attached to an aromatic ring is 1. The number of carbonyl (C=O) groups excluding carboxylic acids is 1. The van der Waals surface area contributed by atoms with Gasteiger partial charge >= 0.3 is 0 Å². The second-order valence-electron chi connectivity index (χ2n) is 3.28. The lowest BCUT2D eigenvalue weighted by molar-refractivity contribution is 0.261. The van der Waals surface area contributed by atoms with Crippen LogP contribution in [0, 0.1) is 0 Å². The van der Waals surface area contributed by atoms with Crippen LogP contribution in [0.1, 0.15) is 12.5 Å². The number of anilines is 1. The van der Waals surface area contributed by atoms with E-state index < -0.39 is 0 Å². The summed E-state index contributed by atoms with van der Waals surface area (Å²) in [5.74, 6) is 0. The van der Waals surface area contributed by atoms with Crippen molar-refractivity contribution >= 4 is 28.4 Å². The first-order valence-corrected chi connectivity index (χ1v) is 5.45. The largest absolute Gasteiger partial charge is 0.399 e. The van der Waals surface area contributed by atoms with Crippen LogP contribution in [-0.4, -0.2) is 16.2 Å². The van der Waals surface area contributed by atoms with E-state index in [1.807, 2.05) is 31.2 Å². The molecule has 1 aromatic carbocycles. The van der Waals surface area contributed by atoms with Crippen LogP contribution in [0.5, 0.6) is 0 Å². The van der Waals surface area contributed by atoms with Gasteiger partial charge in [-0.25, -0.2) is 5.43 Å². The first kappa shape index (κ1) is 10.0. The van der Waals surface area contributed by atoms with Crippen molar-refractivity contribution in [3.05, 3.63) is 29.8 Å². The summed E-state index contributed by atoms with van der Waals surface area (Å²) in [6.45, 7) is 1.96. The third-order valence-electron chi connectivity index (χ3n) is 2.14. The number of nitrogens with two attached hydrogens (primary N) is 1. The molecule has 0 radical (unpaired) electrons. The maximum absolute atomic E-state index is 11.0. The summed E-state index contributed by atoms with van der Waals surface area (Å²) < 4.78 is 0. The summed E-state index contributed by atoms with van der Waals surface area (Å²) in [4.78, 5) is 11.0. The van der Waals surface area contributed by atoms with Crippen molar-refractivity contribution in [2.75, 3.05) is 5.73 Å². The summed E-state index contributed by atoms with van der Waals surface area (Å²) in [6.07, 6.45) is 0. The highest BCUT2D eigenvalue weighted by Gasteiger charge is 2.21. The molecule has 3 N–H and O–H groups in total. The van der Waals surface area contributed by atoms with E-state index in [9.17, 15) is 4.79 Å². The molecule has 1 aromatic rings. The van der Waals surface area contributed by atoms with Crippen LogP contribution in [0.3, 0.4) is 0 Å². The number of carbonyl (C=O) groups is 1. The normalized spacial score (nSPS) is 20.7. The summed E-state index contributed by atoms with van der Waals surface area (Å²) >= 11 is 1.24. The minimum atomic E-state index is -0.110. The molecule has 5 heteroatoms. The Labute approximate surface area is 91.9 Å². The van der Waals surface area contributed by atoms with Gasteiger partial charge < -0.3 is 5.73 Å². The topological polar surface area (TPSA) is 67.5 Å². The molecule has 78 valence electrons. The molecule has 0 spiro atoms. The molecular weight excluding hydrogens is 210 g/mol. The third kappa shape index (κ3) is 2.12. The molecule has 1 amide bonds. The average molecular weight is 221 g/mol. The van der Waals surface area contributed by atoms with Crippen molar-refractivity contribution in [2.24, 2.45) is 5.10 Å². The zero-order chi connectivity index (χ0) is 10.8. The van der Waals surface area contributed by atoms with Gasteiger partial charge in [-0.05, 0) is 24.6 Å². The first-order chi connectivity index (χ1) is 7.16. The van der Waals surface area contributed by atoms with Crippen LogP contribution < -0.4 is 11.2 Å². The van der Waals surface area contributed by atoms with Crippen molar-refractivity contribution in [3.63, 3.8) is 0 Å². The van der Waals surface area contributed by atoms with E-state index >= 15 is 0 Å². The van der Waals surface area contributed by atoms with Crippen molar-refractivity contribution in [3.8, 4) is 0 Å². The van der Waals surface area contributed by atoms with Gasteiger partial charge in [0.15, 0.2) is 0 Å². The highest BCUT2D eigenvalue weighted by atomic mass is 32.2. The molecule has 0 aliphatic carbocycles. The SMILES string of the molecule is C[C@@H]1SC(=O)NN=C1c1ccc(N)cc1. The number of amides is 1. The fourth-order valence-electron chi connectivity index (χ4n) is 1.39. The standard InChI is InChI=1S/C10H11N3OS/c1-6-9(12-13-10(14)15-6)7-2-4-8(11)5-3-7/h2-6H,11H2,1H3,(H,13,14)/t6-/m0/s1. The van der Waals surface area contributed by atoms with Crippen LogP contribution in [0.4, 0.5) is 10.5 Å². The monoisotopic (exact) mass is 221 g/mol. The van der Waals surface area contributed by atoms with Crippen molar-refractivity contribution < 1.29 is 4.79 Å². The number of thioether (sulfide) groups is 1. The zero-order valence-corrected chi connectivity index (χ0v) is 9.04. The van der Waals surface area contributed by atoms with Gasteiger partial charge in [0.2, 0.25) is 0 Å². The van der Waals surface area contributed by atoms with E-state index in [1.165, 1.54) is 11.8 Å². The molecule has 1 atom stereocenters. The average Bonchev–Trinajstić information content (AvgIpc) is 2.20. The predicted molar refractivity (Wildman–Crippen MR) is 63.0 cm³/mol. The van der Waals surface area contributed by atoms with Gasteiger partial charge in [0, 0.05) is 5.69 Å². The molecule has 0 bridgehead atoms. The highest BCUT2D eigenvalue weighted by molar-refractivity contribution is 8.14. The Balaban J connectivity index is 2.31. The molecule has 0 aromatic heterocycles. The maximum atomic E-state index is 11.0. The lowest BCUT2D eigenvalue weighted by atomic mass is 10.1. The predicted octanol–water partition coefficient (Wildman–Crippen LogP) is 1.82. The molecule has 2 rings (SSSR count). The second kappa shape index (κ2) is 3.94. The van der Waals surface area contributed by atoms with Gasteiger partial charge in [-0.1, -0.05) is 23.9 Å². The van der Waals surface area contributed by atoms with Crippen molar-refractivity contribution in [1.29, 1.82) is 0 Å². The fourth-order valence-corrected chi connectivity index (χ4v) is 2.11. The van der Waals surface area contributed by atoms with Crippen LogP contribution in [0.25, 0.3) is 0 Å². The number of hydrazone groups is 1. The molecule has 0 saturated carbocycles. The van der Waals surface area contributed by atoms with Gasteiger partial charge in [-0.2, -0.15) is 5.10 Å². The van der Waals surface area contributed by atoms with E-state index in [0.29, 0.717) is 0 Å². The molecular formula is C10H11N3OS. The quantitative estimate of drug-likeness (QED) is 0.711. The Morgan fingerprint density at radius 1 is 1.40 bits per heavy atom. The second-order valence-corrected chi connectivity index (χ2v) is 4.59. The fraction of sp³-hybridized carbons (Fsp3) is 0.200. The Bertz CT molecular complexity index is 413. The van der Waals surface area contributed by atoms with Gasteiger partial charge in [0.05, 0.1) is 11.0 Å². The molecule has 0 unspecified atom stereocenters. The minimum absolute atomic E-state index is 0.0716. The third-order valence-corrected chi connectivity index (χ3v) is 3.03. The molecule has 4 nitrogen and oxygen atoms in total. The number of hydrogen-bond acceptors (Lipinski definition) is 4. The van der Waals surface area contributed by atoms with Crippen LogP contribution in [0.15, 0.2) is 29.4 Å². The summed E-state index contributed by atoms with van der Waals surface area (Å²) in [7, 11) is 0. The van der Waals surface area contributed by atoms with Gasteiger partial charge in [0.1, 0.15) is 0 Å². The Hall–Kier alpha value is -1.49. The number of nitrogens with one attached hydrogen (secondary N) is 1. The number of hydrogen-bond donors (Lipinski definition) is 2. The number of benzene rings is 1. The van der Waals surface area contributed by atoms with Crippen molar-refractivity contribution in [2.45, 2.75) is 12.2 Å². The summed E-state index contributed by atoms with van der Waals surface area (Å²) in [6, 6.07) is 7.46. The minimum Gasteiger partial charge on any atom is -0.399 e. The van der Waals surface area contributed by atoms with Gasteiger partial charge in [0.25, 0.3) is 5.24 Å². The lowest BCUT2D eigenvalue weighted by Crippen LogP contribution is -2.29. The Morgan fingerprint density at radius 3 is 2.67 bits per heavy atom. The number of nitrogens with zero attached hydrogens (tertiary/aromatic N) is 1. The zero-order valence-electron chi connectivity index (χ0n) is 8.23. The van der Waals surface area contributed by atoms with Crippen LogP contribution in [0.2, 0.25) is 0 Å². The van der Waals surface area contributed by atoms with Crippen LogP contribution in [-0.2, 0) is 0 Å². The van der Waals surface area contributed by atoms with E-state index in [1.54, 1.807) is 0 Å². The van der Waals surface area contributed by atoms with E-state index in [-0.39, 0.29) is 10.5 Å². The molecule has 1 aliphatic rings. The molecule has 0 saturated heterocycles. The highest BCUT2D eigenvalue weighted by Crippen LogP contribution is 2.21. The van der Waals surface area contributed by atoms with E-state index in [4.69, 9.17) is 5.73 Å². The summed E-state index contributed by atoms with van der Waals surface area (Å²) in [5, 5.41) is 4.01. The van der Waals surface area contributed by atoms with Crippen LogP contribution >= 0.6 is 11.8 Å². The molecule has 15 heavy (non-hydrogen) atoms. The van der Waals surface area contributed by atoms with Crippen molar-refractivity contribution in [1.82, 2.24) is 5.43 Å². The van der Waals surface area contributed by atoms with Gasteiger partial charge in [-0.3, -0.25) is 4.79 Å². The Morgan fingerprint density at radius 2 is 2.07 bits per heavy atom. The summed E-state index contributed by atoms with van der Waals surface area (Å²) in [5.41, 5.74) is 10.6. The maximum Gasteiger partial charge on any atom is 0.299 e. The van der Waals surface area contributed by atoms with E-state index in [0.717, 1.165) is 17.0 Å². The lowest BCUT2D eigenvalue weighted by Gasteiger charge is -2.18. The molecule has 1 aliphatic heterocycles. The molecule has 0 fully saturated rings. The van der Waals surface area contributed by atoms with Gasteiger partial charge in [-0.15, -0.1) is 0 Å². The first-order valence-electron chi connectivity index (χ1n) is 4.57. The van der Waals surface area contributed by atoms with E-state index in [2.05, 4.69) is 10.5 Å². The smallest absolute Gasteiger partial charge is 0.299 e. The molecule has 1 heterocycles. The number of rotatable bonds is 1.